The van der Waals surface area contributed by atoms with Gasteiger partial charge in [-0.1, -0.05) is 41.3 Å². The molecule has 8 heteroatoms. The summed E-state index contributed by atoms with van der Waals surface area (Å²) in [7, 11) is 0. The maximum absolute atomic E-state index is 12.0. The Morgan fingerprint density at radius 1 is 1.25 bits per heavy atom. The van der Waals surface area contributed by atoms with Gasteiger partial charge in [-0.05, 0) is 30.7 Å². The van der Waals surface area contributed by atoms with Crippen molar-refractivity contribution in [2.75, 3.05) is 16.4 Å². The van der Waals surface area contributed by atoms with Crippen LogP contribution in [0.4, 0.5) is 10.8 Å². The first-order valence-electron chi connectivity index (χ1n) is 7.29. The van der Waals surface area contributed by atoms with E-state index in [1.54, 1.807) is 6.26 Å². The number of carbonyl (C=O) groups excluding carboxylic acids is 1. The number of anilines is 2. The van der Waals surface area contributed by atoms with Crippen LogP contribution in [0.1, 0.15) is 11.3 Å². The summed E-state index contributed by atoms with van der Waals surface area (Å²) in [4.78, 5) is 12.0. The van der Waals surface area contributed by atoms with Crippen molar-refractivity contribution in [2.24, 2.45) is 0 Å². The normalized spacial score (nSPS) is 10.5. The average Bonchev–Trinajstić information content (AvgIpc) is 3.25. The molecular formula is C16H16N4O2S2. The fraction of sp³-hybridized carbons (Fsp3) is 0.188. The third-order valence-electron chi connectivity index (χ3n) is 3.15. The van der Waals surface area contributed by atoms with E-state index in [1.807, 2.05) is 43.3 Å². The van der Waals surface area contributed by atoms with Crippen LogP contribution in [-0.4, -0.2) is 21.9 Å². The number of benzene rings is 1. The van der Waals surface area contributed by atoms with Gasteiger partial charge < -0.3 is 15.1 Å². The number of thioether (sulfide) groups is 1. The van der Waals surface area contributed by atoms with Crippen LogP contribution in [0.2, 0.25) is 0 Å². The second-order valence-electron chi connectivity index (χ2n) is 4.96. The number of hydrogen-bond donors (Lipinski definition) is 2. The highest BCUT2D eigenvalue weighted by Gasteiger charge is 2.09. The van der Waals surface area contributed by atoms with Crippen molar-refractivity contribution < 1.29 is 9.21 Å². The molecule has 0 aliphatic rings. The van der Waals surface area contributed by atoms with Gasteiger partial charge in [0.15, 0.2) is 4.34 Å². The predicted octanol–water partition coefficient (Wildman–Crippen LogP) is 3.78. The lowest BCUT2D eigenvalue weighted by Gasteiger charge is -2.06. The Bertz CT molecular complexity index is 802. The number of nitrogens with one attached hydrogen (secondary N) is 2. The molecule has 3 aromatic rings. The molecule has 0 saturated heterocycles. The Balaban J connectivity index is 1.46. The van der Waals surface area contributed by atoms with Gasteiger partial charge in [-0.2, -0.15) is 0 Å². The number of carbonyl (C=O) groups is 1. The summed E-state index contributed by atoms with van der Waals surface area (Å²) in [6, 6.07) is 11.4. The lowest BCUT2D eigenvalue weighted by Crippen LogP contribution is -2.14. The van der Waals surface area contributed by atoms with Gasteiger partial charge in [0.25, 0.3) is 0 Å². The standard InChI is InChI=1S/C16H16N4O2S2/c1-11-5-2-3-7-13(11)18-14(21)10-23-16-20-19-15(24-16)17-9-12-6-4-8-22-12/h2-8H,9-10H2,1H3,(H,17,19)(H,18,21). The number of amides is 1. The molecule has 0 unspecified atom stereocenters. The van der Waals surface area contributed by atoms with Crippen LogP contribution < -0.4 is 10.6 Å². The van der Waals surface area contributed by atoms with E-state index in [0.717, 1.165) is 21.4 Å². The van der Waals surface area contributed by atoms with Crippen molar-refractivity contribution in [3.05, 3.63) is 54.0 Å². The molecule has 0 bridgehead atoms. The van der Waals surface area contributed by atoms with Crippen molar-refractivity contribution >= 4 is 39.8 Å². The van der Waals surface area contributed by atoms with Gasteiger partial charge in [0, 0.05) is 5.69 Å². The van der Waals surface area contributed by atoms with Crippen molar-refractivity contribution in [3.63, 3.8) is 0 Å². The minimum absolute atomic E-state index is 0.0606. The van der Waals surface area contributed by atoms with Crippen LogP contribution in [0.5, 0.6) is 0 Å². The van der Waals surface area contributed by atoms with Crippen LogP contribution in [0.15, 0.2) is 51.4 Å². The number of nitrogens with zero attached hydrogens (tertiary/aromatic N) is 2. The fourth-order valence-electron chi connectivity index (χ4n) is 1.94. The third kappa shape index (κ3) is 4.59. The molecule has 3 rings (SSSR count). The number of aryl methyl sites for hydroxylation is 1. The average molecular weight is 360 g/mol. The highest BCUT2D eigenvalue weighted by molar-refractivity contribution is 8.01. The molecule has 0 aliphatic heterocycles. The smallest absolute Gasteiger partial charge is 0.234 e. The van der Waals surface area contributed by atoms with Crippen LogP contribution in [0.3, 0.4) is 0 Å². The molecule has 2 heterocycles. The van der Waals surface area contributed by atoms with Crippen molar-refractivity contribution in [1.82, 2.24) is 10.2 Å². The number of aromatic nitrogens is 2. The van der Waals surface area contributed by atoms with Crippen LogP contribution >= 0.6 is 23.1 Å². The first kappa shape index (κ1) is 16.5. The van der Waals surface area contributed by atoms with Gasteiger partial charge in [-0.25, -0.2) is 0 Å². The monoisotopic (exact) mass is 360 g/mol. The minimum Gasteiger partial charge on any atom is -0.467 e. The summed E-state index contributed by atoms with van der Waals surface area (Å²) >= 11 is 2.78. The summed E-state index contributed by atoms with van der Waals surface area (Å²) in [6.45, 7) is 2.52. The summed E-state index contributed by atoms with van der Waals surface area (Å²) in [5, 5.41) is 14.9. The van der Waals surface area contributed by atoms with Crippen molar-refractivity contribution in [3.8, 4) is 0 Å². The lowest BCUT2D eigenvalue weighted by molar-refractivity contribution is -0.113. The Morgan fingerprint density at radius 2 is 2.12 bits per heavy atom. The Hall–Kier alpha value is -2.32. The molecule has 24 heavy (non-hydrogen) atoms. The van der Waals surface area contributed by atoms with Gasteiger partial charge >= 0.3 is 0 Å². The van der Waals surface area contributed by atoms with Crippen LogP contribution in [-0.2, 0) is 11.3 Å². The third-order valence-corrected chi connectivity index (χ3v) is 5.16. The second kappa shape index (κ2) is 7.98. The minimum atomic E-state index is -0.0606. The van der Waals surface area contributed by atoms with E-state index >= 15 is 0 Å². The van der Waals surface area contributed by atoms with E-state index in [2.05, 4.69) is 20.8 Å². The predicted molar refractivity (Wildman–Crippen MR) is 96.5 cm³/mol. The zero-order chi connectivity index (χ0) is 16.8. The molecular weight excluding hydrogens is 344 g/mol. The Morgan fingerprint density at radius 3 is 2.92 bits per heavy atom. The van der Waals surface area contributed by atoms with Gasteiger partial charge in [0.05, 0.1) is 18.6 Å². The maximum atomic E-state index is 12.0. The van der Waals surface area contributed by atoms with E-state index in [0.29, 0.717) is 17.4 Å². The fourth-order valence-corrected chi connectivity index (χ4v) is 3.49. The topological polar surface area (TPSA) is 80.0 Å². The Labute approximate surface area is 147 Å². The van der Waals surface area contributed by atoms with Gasteiger partial charge in [-0.3, -0.25) is 4.79 Å². The molecule has 0 saturated carbocycles. The zero-order valence-electron chi connectivity index (χ0n) is 13.0. The van der Waals surface area contributed by atoms with Gasteiger partial charge in [-0.15, -0.1) is 10.2 Å². The molecule has 0 spiro atoms. The van der Waals surface area contributed by atoms with Gasteiger partial charge in [0.1, 0.15) is 5.76 Å². The molecule has 124 valence electrons. The molecule has 1 aromatic carbocycles. The Kier molecular flexibility index (Phi) is 5.50. The number of para-hydroxylation sites is 1. The number of rotatable bonds is 7. The highest BCUT2D eigenvalue weighted by atomic mass is 32.2. The molecule has 6 nitrogen and oxygen atoms in total. The van der Waals surface area contributed by atoms with Crippen molar-refractivity contribution in [1.29, 1.82) is 0 Å². The molecule has 0 atom stereocenters. The molecule has 0 radical (unpaired) electrons. The van der Waals surface area contributed by atoms with E-state index in [1.165, 1.54) is 23.1 Å². The highest BCUT2D eigenvalue weighted by Crippen LogP contribution is 2.26. The van der Waals surface area contributed by atoms with Crippen LogP contribution in [0.25, 0.3) is 0 Å². The second-order valence-corrected chi connectivity index (χ2v) is 7.16. The maximum Gasteiger partial charge on any atom is 0.234 e. The molecule has 2 aromatic heterocycles. The van der Waals surface area contributed by atoms with E-state index in [-0.39, 0.29) is 5.91 Å². The molecule has 2 N–H and O–H groups in total. The van der Waals surface area contributed by atoms with Crippen LogP contribution in [0, 0.1) is 6.92 Å². The van der Waals surface area contributed by atoms with E-state index in [9.17, 15) is 4.79 Å². The van der Waals surface area contributed by atoms with E-state index in [4.69, 9.17) is 4.42 Å². The summed E-state index contributed by atoms with van der Waals surface area (Å²) in [6.07, 6.45) is 1.63. The quantitative estimate of drug-likeness (QED) is 0.624. The summed E-state index contributed by atoms with van der Waals surface area (Å²) < 4.78 is 5.99. The summed E-state index contributed by atoms with van der Waals surface area (Å²) in [5.74, 6) is 1.06. The zero-order valence-corrected chi connectivity index (χ0v) is 14.6. The lowest BCUT2D eigenvalue weighted by atomic mass is 10.2. The first-order chi connectivity index (χ1) is 11.7. The first-order valence-corrected chi connectivity index (χ1v) is 9.09. The number of hydrogen-bond acceptors (Lipinski definition) is 7. The molecule has 0 aliphatic carbocycles. The van der Waals surface area contributed by atoms with E-state index < -0.39 is 0 Å². The SMILES string of the molecule is Cc1ccccc1NC(=O)CSc1nnc(NCc2ccco2)s1. The largest absolute Gasteiger partial charge is 0.467 e. The molecule has 1 amide bonds. The van der Waals surface area contributed by atoms with Crippen molar-refractivity contribution in [2.45, 2.75) is 17.8 Å². The summed E-state index contributed by atoms with van der Waals surface area (Å²) in [5.41, 5.74) is 1.87. The number of furan rings is 1. The molecule has 0 fully saturated rings. The van der Waals surface area contributed by atoms with Gasteiger partial charge in [0.2, 0.25) is 11.0 Å².